The number of benzene rings is 3. The number of anilines is 1. The van der Waals surface area contributed by atoms with Crippen LogP contribution in [0.4, 0.5) is 10.1 Å². The number of hydrogen-bond acceptors (Lipinski definition) is 3. The summed E-state index contributed by atoms with van der Waals surface area (Å²) in [5, 5.41) is 14.2. The summed E-state index contributed by atoms with van der Waals surface area (Å²) in [4.78, 5) is 0. The van der Waals surface area contributed by atoms with Crippen LogP contribution >= 0.6 is 15.9 Å². The van der Waals surface area contributed by atoms with Gasteiger partial charge in [0.05, 0.1) is 18.8 Å². The molecule has 5 heteroatoms. The number of nitrogens with one attached hydrogen (secondary N) is 1. The second-order valence-electron chi connectivity index (χ2n) is 6.51. The molecular weight excluding hydrogens is 421 g/mol. The largest absolute Gasteiger partial charge is 0.494 e. The van der Waals surface area contributed by atoms with Crippen molar-refractivity contribution in [1.82, 2.24) is 0 Å². The highest BCUT2D eigenvalue weighted by atomic mass is 79.9. The van der Waals surface area contributed by atoms with Crippen LogP contribution in [0.1, 0.15) is 36.6 Å². The van der Waals surface area contributed by atoms with E-state index in [-0.39, 0.29) is 11.9 Å². The average molecular weight is 444 g/mol. The summed E-state index contributed by atoms with van der Waals surface area (Å²) in [6.45, 7) is 2.56. The molecule has 28 heavy (non-hydrogen) atoms. The molecule has 3 aromatic rings. The summed E-state index contributed by atoms with van der Waals surface area (Å²) < 4.78 is 19.7. The first-order chi connectivity index (χ1) is 13.5. The fourth-order valence-corrected chi connectivity index (χ4v) is 3.30. The van der Waals surface area contributed by atoms with Crippen molar-refractivity contribution in [2.24, 2.45) is 0 Å². The van der Waals surface area contributed by atoms with Gasteiger partial charge in [-0.3, -0.25) is 0 Å². The summed E-state index contributed by atoms with van der Waals surface area (Å²) in [6, 6.07) is 21.5. The standard InChI is InChI=1S/C23H23BrFNO2/c1-2-28-21-13-5-16(6-14-21)22(26-20-11-9-19(25)10-12-20)15-23(27)17-3-7-18(24)8-4-17/h3-14,22-23,26-27H,2,15H2,1H3. The molecule has 2 atom stereocenters. The zero-order valence-electron chi connectivity index (χ0n) is 15.6. The Kier molecular flexibility index (Phi) is 7.06. The van der Waals surface area contributed by atoms with Gasteiger partial charge in [0.2, 0.25) is 0 Å². The van der Waals surface area contributed by atoms with Crippen molar-refractivity contribution in [3.8, 4) is 5.75 Å². The smallest absolute Gasteiger partial charge is 0.123 e. The van der Waals surface area contributed by atoms with Gasteiger partial charge in [-0.25, -0.2) is 4.39 Å². The molecule has 3 aromatic carbocycles. The van der Waals surface area contributed by atoms with E-state index in [9.17, 15) is 9.50 Å². The van der Waals surface area contributed by atoms with E-state index in [1.165, 1.54) is 12.1 Å². The van der Waals surface area contributed by atoms with E-state index in [1.54, 1.807) is 12.1 Å². The van der Waals surface area contributed by atoms with Gasteiger partial charge in [-0.2, -0.15) is 0 Å². The number of aliphatic hydroxyl groups is 1. The van der Waals surface area contributed by atoms with Gasteiger partial charge in [0.25, 0.3) is 0 Å². The molecule has 0 aliphatic carbocycles. The van der Waals surface area contributed by atoms with Crippen molar-refractivity contribution in [3.63, 3.8) is 0 Å². The predicted octanol–water partition coefficient (Wildman–Crippen LogP) is 6.26. The minimum absolute atomic E-state index is 0.153. The lowest BCUT2D eigenvalue weighted by Gasteiger charge is -2.24. The maximum absolute atomic E-state index is 13.2. The fourth-order valence-electron chi connectivity index (χ4n) is 3.03. The number of aliphatic hydroxyl groups excluding tert-OH is 1. The monoisotopic (exact) mass is 443 g/mol. The molecule has 0 spiro atoms. The molecule has 0 saturated heterocycles. The molecule has 0 aliphatic rings. The molecule has 2 N–H and O–H groups in total. The van der Waals surface area contributed by atoms with E-state index >= 15 is 0 Å². The van der Waals surface area contributed by atoms with Crippen molar-refractivity contribution >= 4 is 21.6 Å². The third kappa shape index (κ3) is 5.57. The maximum Gasteiger partial charge on any atom is 0.123 e. The molecule has 0 saturated carbocycles. The molecule has 0 amide bonds. The number of ether oxygens (including phenoxy) is 1. The normalized spacial score (nSPS) is 13.0. The Bertz CT molecular complexity index is 867. The van der Waals surface area contributed by atoms with Gasteiger partial charge < -0.3 is 15.2 Å². The lowest BCUT2D eigenvalue weighted by molar-refractivity contribution is 0.160. The first kappa shape index (κ1) is 20.4. The number of halogens is 2. The van der Waals surface area contributed by atoms with Crippen LogP contribution in [0.2, 0.25) is 0 Å². The maximum atomic E-state index is 13.2. The average Bonchev–Trinajstić information content (AvgIpc) is 2.70. The van der Waals surface area contributed by atoms with Crippen LogP contribution in [0.25, 0.3) is 0 Å². The first-order valence-corrected chi connectivity index (χ1v) is 10.0. The summed E-state index contributed by atoms with van der Waals surface area (Å²) in [5.41, 5.74) is 2.66. The summed E-state index contributed by atoms with van der Waals surface area (Å²) in [7, 11) is 0. The van der Waals surface area contributed by atoms with E-state index in [0.29, 0.717) is 13.0 Å². The van der Waals surface area contributed by atoms with Crippen molar-refractivity contribution < 1.29 is 14.2 Å². The molecule has 0 radical (unpaired) electrons. The van der Waals surface area contributed by atoms with Crippen molar-refractivity contribution in [2.45, 2.75) is 25.5 Å². The van der Waals surface area contributed by atoms with E-state index in [2.05, 4.69) is 21.2 Å². The van der Waals surface area contributed by atoms with Crippen molar-refractivity contribution in [1.29, 1.82) is 0 Å². The zero-order valence-corrected chi connectivity index (χ0v) is 17.2. The van der Waals surface area contributed by atoms with Crippen LogP contribution in [0, 0.1) is 5.82 Å². The summed E-state index contributed by atoms with van der Waals surface area (Å²) in [5.74, 6) is 0.526. The Labute approximate surface area is 173 Å². The van der Waals surface area contributed by atoms with Crippen LogP contribution in [0.3, 0.4) is 0 Å². The minimum Gasteiger partial charge on any atom is -0.494 e. The van der Waals surface area contributed by atoms with Crippen LogP contribution in [-0.4, -0.2) is 11.7 Å². The molecule has 2 unspecified atom stereocenters. The SMILES string of the molecule is CCOc1ccc(C(CC(O)c2ccc(Br)cc2)Nc2ccc(F)cc2)cc1. The van der Waals surface area contributed by atoms with Gasteiger partial charge >= 0.3 is 0 Å². The summed E-state index contributed by atoms with van der Waals surface area (Å²) in [6.07, 6.45) is -0.176. The molecule has 3 rings (SSSR count). The Morgan fingerprint density at radius 3 is 2.14 bits per heavy atom. The quantitative estimate of drug-likeness (QED) is 0.431. The molecule has 3 nitrogen and oxygen atoms in total. The molecule has 0 bridgehead atoms. The Balaban J connectivity index is 1.82. The Morgan fingerprint density at radius 2 is 1.54 bits per heavy atom. The highest BCUT2D eigenvalue weighted by Gasteiger charge is 2.18. The second kappa shape index (κ2) is 9.71. The van der Waals surface area contributed by atoms with E-state index in [4.69, 9.17) is 4.74 Å². The van der Waals surface area contributed by atoms with E-state index in [1.807, 2.05) is 55.5 Å². The molecule has 0 aliphatic heterocycles. The van der Waals surface area contributed by atoms with Crippen LogP contribution in [-0.2, 0) is 0 Å². The van der Waals surface area contributed by atoms with Gasteiger partial charge in [0.1, 0.15) is 11.6 Å². The van der Waals surface area contributed by atoms with Crippen molar-refractivity contribution in [2.75, 3.05) is 11.9 Å². The van der Waals surface area contributed by atoms with Gasteiger partial charge in [-0.05, 0) is 66.6 Å². The van der Waals surface area contributed by atoms with Gasteiger partial charge in [0.15, 0.2) is 0 Å². The van der Waals surface area contributed by atoms with Crippen LogP contribution in [0.15, 0.2) is 77.3 Å². The second-order valence-corrected chi connectivity index (χ2v) is 7.42. The van der Waals surface area contributed by atoms with Crippen molar-refractivity contribution in [3.05, 3.63) is 94.2 Å². The topological polar surface area (TPSA) is 41.5 Å². The summed E-state index contributed by atoms with van der Waals surface area (Å²) >= 11 is 3.42. The van der Waals surface area contributed by atoms with Crippen LogP contribution < -0.4 is 10.1 Å². The molecule has 0 heterocycles. The molecule has 0 aromatic heterocycles. The van der Waals surface area contributed by atoms with E-state index < -0.39 is 6.10 Å². The molecule has 0 fully saturated rings. The fraction of sp³-hybridized carbons (Fsp3) is 0.217. The van der Waals surface area contributed by atoms with Gasteiger partial charge in [-0.15, -0.1) is 0 Å². The zero-order chi connectivity index (χ0) is 19.9. The Morgan fingerprint density at radius 1 is 0.929 bits per heavy atom. The lowest BCUT2D eigenvalue weighted by Crippen LogP contribution is -2.15. The van der Waals surface area contributed by atoms with Crippen LogP contribution in [0.5, 0.6) is 5.75 Å². The third-order valence-electron chi connectivity index (χ3n) is 4.49. The number of rotatable bonds is 8. The lowest BCUT2D eigenvalue weighted by atomic mass is 9.96. The third-order valence-corrected chi connectivity index (χ3v) is 5.02. The minimum atomic E-state index is -0.641. The highest BCUT2D eigenvalue weighted by molar-refractivity contribution is 9.10. The highest BCUT2D eigenvalue weighted by Crippen LogP contribution is 2.31. The number of hydrogen-bond donors (Lipinski definition) is 2. The molecular formula is C23H23BrFNO2. The van der Waals surface area contributed by atoms with Gasteiger partial charge in [0, 0.05) is 16.6 Å². The predicted molar refractivity (Wildman–Crippen MR) is 114 cm³/mol. The van der Waals surface area contributed by atoms with Gasteiger partial charge in [-0.1, -0.05) is 40.2 Å². The first-order valence-electron chi connectivity index (χ1n) is 9.23. The van der Waals surface area contributed by atoms with E-state index in [0.717, 1.165) is 27.0 Å². The Hall–Kier alpha value is -2.37. The molecule has 146 valence electrons.